The molecule has 0 aliphatic carbocycles. The van der Waals surface area contributed by atoms with Gasteiger partial charge in [0.1, 0.15) is 18.1 Å². The number of thiol groups is 1. The molecule has 6 rings (SSSR count). The van der Waals surface area contributed by atoms with Crippen LogP contribution in [0.4, 0.5) is 0 Å². The van der Waals surface area contributed by atoms with Crippen molar-refractivity contribution >= 4 is 39.8 Å². The highest BCUT2D eigenvalue weighted by molar-refractivity contribution is 8.13. The Morgan fingerprint density at radius 3 is 2.59 bits per heavy atom. The molecule has 2 unspecified atom stereocenters. The van der Waals surface area contributed by atoms with Crippen LogP contribution in [0.5, 0.6) is 11.5 Å². The highest BCUT2D eigenvalue weighted by Crippen LogP contribution is 2.51. The molecule has 5 aromatic rings. The Bertz CT molecular complexity index is 1650. The third kappa shape index (κ3) is 6.21. The number of carbonyl (C=O) groups excluding carboxylic acids is 1. The minimum absolute atomic E-state index is 0.209. The molecule has 1 fully saturated rings. The lowest BCUT2D eigenvalue weighted by Crippen LogP contribution is -2.15. The normalized spacial score (nSPS) is 17.7. The van der Waals surface area contributed by atoms with E-state index in [9.17, 15) is 4.79 Å². The third-order valence-corrected chi connectivity index (χ3v) is 10.1. The van der Waals surface area contributed by atoms with Crippen LogP contribution in [-0.2, 0) is 10.8 Å². The second-order valence-corrected chi connectivity index (χ2v) is 12.6. The van der Waals surface area contributed by atoms with Crippen LogP contribution in [0.25, 0.3) is 22.2 Å². The molecule has 2 heterocycles. The molecule has 1 N–H and O–H groups in total. The quantitative estimate of drug-likeness (QED) is 0.178. The van der Waals surface area contributed by atoms with Crippen molar-refractivity contribution in [2.24, 2.45) is 0 Å². The highest BCUT2D eigenvalue weighted by Gasteiger charge is 2.27. The van der Waals surface area contributed by atoms with E-state index in [0.29, 0.717) is 17.2 Å². The van der Waals surface area contributed by atoms with Gasteiger partial charge in [0, 0.05) is 21.6 Å². The molecule has 1 aliphatic heterocycles. The van der Waals surface area contributed by atoms with Crippen LogP contribution in [-0.4, -0.2) is 28.8 Å². The van der Waals surface area contributed by atoms with E-state index in [-0.39, 0.29) is 11.2 Å². The predicted molar refractivity (Wildman–Crippen MR) is 166 cm³/mol. The van der Waals surface area contributed by atoms with Crippen molar-refractivity contribution in [3.05, 3.63) is 113 Å². The third-order valence-electron chi connectivity index (χ3n) is 7.44. The monoisotopic (exact) mass is 586 g/mol. The van der Waals surface area contributed by atoms with Gasteiger partial charge in [0.15, 0.2) is 0 Å². The highest BCUT2D eigenvalue weighted by atomic mass is 35.5. The number of halogens is 1. The first kappa shape index (κ1) is 27.2. The van der Waals surface area contributed by atoms with E-state index in [2.05, 4.69) is 22.1 Å². The summed E-state index contributed by atoms with van der Waals surface area (Å²) in [5, 5.41) is 0.910. The molecule has 6 nitrogen and oxygen atoms in total. The number of H-pyrrole nitrogens is 1. The van der Waals surface area contributed by atoms with Crippen LogP contribution in [0.1, 0.15) is 46.0 Å². The first-order chi connectivity index (χ1) is 20.1. The topological polar surface area (TPSA) is 73.4 Å². The second kappa shape index (κ2) is 12.3. The van der Waals surface area contributed by atoms with E-state index >= 15 is 0 Å². The van der Waals surface area contributed by atoms with E-state index in [1.807, 2.05) is 60.7 Å². The summed E-state index contributed by atoms with van der Waals surface area (Å²) < 4.78 is 17.8. The van der Waals surface area contributed by atoms with Gasteiger partial charge < -0.3 is 18.6 Å². The summed E-state index contributed by atoms with van der Waals surface area (Å²) in [6.45, 7) is 0.391. The van der Waals surface area contributed by atoms with Crippen LogP contribution in [0, 0.1) is 0 Å². The molecule has 0 bridgehead atoms. The van der Waals surface area contributed by atoms with Gasteiger partial charge in [-0.25, -0.2) is 9.78 Å². The Morgan fingerprint density at radius 2 is 1.78 bits per heavy atom. The molecule has 1 saturated heterocycles. The number of rotatable bonds is 8. The van der Waals surface area contributed by atoms with Gasteiger partial charge in [0.2, 0.25) is 0 Å². The second-order valence-electron chi connectivity index (χ2n) is 10.1. The van der Waals surface area contributed by atoms with E-state index in [4.69, 9.17) is 25.3 Å². The number of aromatic amines is 1. The number of aromatic nitrogens is 2. The zero-order valence-corrected chi connectivity index (χ0v) is 24.3. The first-order valence-electron chi connectivity index (χ1n) is 13.6. The Hall–Kier alpha value is -3.94. The largest absolute Gasteiger partial charge is 0.497 e. The van der Waals surface area contributed by atoms with Crippen molar-refractivity contribution in [1.29, 1.82) is 0 Å². The van der Waals surface area contributed by atoms with Crippen molar-refractivity contribution in [2.45, 2.75) is 31.1 Å². The number of nitrogens with zero attached hydrogens (tertiary/aromatic N) is 1. The molecule has 8 heteroatoms. The van der Waals surface area contributed by atoms with Gasteiger partial charge in [-0.15, -0.1) is 0 Å². The van der Waals surface area contributed by atoms with Crippen molar-refractivity contribution < 1.29 is 18.5 Å². The fourth-order valence-electron chi connectivity index (χ4n) is 5.24. The summed E-state index contributed by atoms with van der Waals surface area (Å²) in [5.74, 6) is 2.20. The maximum absolute atomic E-state index is 13.0. The van der Waals surface area contributed by atoms with Gasteiger partial charge in [-0.05, 0) is 84.1 Å². The molecule has 0 radical (unpaired) electrons. The fourth-order valence-corrected chi connectivity index (χ4v) is 7.73. The predicted octanol–water partition coefficient (Wildman–Crippen LogP) is 8.47. The van der Waals surface area contributed by atoms with E-state index in [1.165, 1.54) is 5.56 Å². The van der Waals surface area contributed by atoms with Crippen molar-refractivity contribution in [2.75, 3.05) is 12.9 Å². The zero-order valence-electron chi connectivity index (χ0n) is 22.7. The SMILES string of the molecule is COc1ccc(-c2ccc(Cl)cc2)c(COc2ccc(C3CCCC[SH]3OC(=O)c3ccc4[nH]cnc4c3)cc2)c1. The van der Waals surface area contributed by atoms with Crippen LogP contribution >= 0.6 is 22.8 Å². The molecule has 1 aliphatic rings. The molecule has 1 aromatic heterocycles. The minimum atomic E-state index is -0.940. The Balaban J connectivity index is 1.14. The lowest BCUT2D eigenvalue weighted by Gasteiger charge is -2.34. The molecule has 41 heavy (non-hydrogen) atoms. The van der Waals surface area contributed by atoms with E-state index in [0.717, 1.165) is 64.2 Å². The van der Waals surface area contributed by atoms with Crippen molar-refractivity contribution in [1.82, 2.24) is 9.97 Å². The Labute approximate surface area is 247 Å². The number of methoxy groups -OCH3 is 1. The summed E-state index contributed by atoms with van der Waals surface area (Å²) in [6, 6.07) is 27.5. The van der Waals surface area contributed by atoms with Crippen molar-refractivity contribution in [3.8, 4) is 22.6 Å². The molecule has 2 atom stereocenters. The standard InChI is InChI=1S/C33H31ClN2O4S/c1-38-28-14-15-29(22-5-10-26(34)11-6-22)25(18-28)20-39-27-12-7-23(8-13-27)32-4-2-3-17-41(32)40-33(37)24-9-16-30-31(19-24)36-21-35-30/h5-16,18-19,21,32,41H,2-4,17,20H2,1H3,(H,35,36). The lowest BCUT2D eigenvalue weighted by molar-refractivity contribution is 0.0760. The number of hydrogen-bond donors (Lipinski definition) is 2. The van der Waals surface area contributed by atoms with Gasteiger partial charge in [0.25, 0.3) is 0 Å². The molecule has 0 spiro atoms. The van der Waals surface area contributed by atoms with Crippen LogP contribution in [0.15, 0.2) is 91.3 Å². The van der Waals surface area contributed by atoms with Crippen LogP contribution < -0.4 is 9.47 Å². The summed E-state index contributed by atoms with van der Waals surface area (Å²) in [4.78, 5) is 20.4. The fraction of sp³-hybridized carbons (Fsp3) is 0.212. The molecule has 0 amide bonds. The smallest absolute Gasteiger partial charge is 0.348 e. The minimum Gasteiger partial charge on any atom is -0.497 e. The van der Waals surface area contributed by atoms with Crippen LogP contribution in [0.2, 0.25) is 5.02 Å². The van der Waals surface area contributed by atoms with Gasteiger partial charge in [-0.3, -0.25) is 0 Å². The number of nitrogens with one attached hydrogen (secondary N) is 1. The maximum Gasteiger partial charge on any atom is 0.348 e. The molecule has 210 valence electrons. The summed E-state index contributed by atoms with van der Waals surface area (Å²) >= 11 is 5.16. The zero-order chi connectivity index (χ0) is 28.2. The maximum atomic E-state index is 13.0. The number of ether oxygens (including phenoxy) is 2. The molecular formula is C33H31ClN2O4S. The van der Waals surface area contributed by atoms with Crippen LogP contribution in [0.3, 0.4) is 0 Å². The molecule has 4 aromatic carbocycles. The summed E-state index contributed by atoms with van der Waals surface area (Å²) in [6.07, 6.45) is 4.84. The van der Waals surface area contributed by atoms with Gasteiger partial charge in [-0.1, -0.05) is 59.5 Å². The average Bonchev–Trinajstić information content (AvgIpc) is 3.49. The summed E-state index contributed by atoms with van der Waals surface area (Å²) in [7, 11) is 1.66. The van der Waals surface area contributed by atoms with Crippen molar-refractivity contribution in [3.63, 3.8) is 0 Å². The molecular weight excluding hydrogens is 556 g/mol. The van der Waals surface area contributed by atoms with E-state index in [1.54, 1.807) is 25.6 Å². The number of imidazole rings is 1. The lowest BCUT2D eigenvalue weighted by atomic mass is 10.00. The Kier molecular flexibility index (Phi) is 8.16. The summed E-state index contributed by atoms with van der Waals surface area (Å²) in [5.41, 5.74) is 6.54. The van der Waals surface area contributed by atoms with E-state index < -0.39 is 11.2 Å². The van der Waals surface area contributed by atoms with Gasteiger partial charge in [0.05, 0.1) is 30.0 Å². The van der Waals surface area contributed by atoms with Gasteiger partial charge in [-0.2, -0.15) is 0 Å². The number of benzene rings is 4. The van der Waals surface area contributed by atoms with Gasteiger partial charge >= 0.3 is 5.97 Å². The average molecular weight is 587 g/mol. The first-order valence-corrected chi connectivity index (χ1v) is 15.5. The molecule has 0 saturated carbocycles. The number of fused-ring (bicyclic) bond motifs is 1. The Morgan fingerprint density at radius 1 is 0.976 bits per heavy atom. The number of hydrogen-bond acceptors (Lipinski definition) is 5. The number of carbonyl (C=O) groups is 1.